The molecule has 0 aliphatic carbocycles. The molecular weight excluding hydrogens is 388 g/mol. The molecular formula is C23H25ClN2O3. The topological polar surface area (TPSA) is 67.4 Å². The van der Waals surface area contributed by atoms with Crippen LogP contribution >= 0.6 is 11.6 Å². The number of ether oxygens (including phenoxy) is 1. The zero-order valence-electron chi connectivity index (χ0n) is 16.4. The lowest BCUT2D eigenvalue weighted by atomic mass is 9.74. The molecule has 1 aliphatic rings. The number of nitrogens with one attached hydrogen (secondary N) is 2. The molecule has 1 saturated heterocycles. The van der Waals surface area contributed by atoms with Crippen LogP contribution in [0.1, 0.15) is 30.9 Å². The van der Waals surface area contributed by atoms with Crippen molar-refractivity contribution in [2.75, 3.05) is 25.1 Å². The maximum atomic E-state index is 12.4. The molecule has 2 aromatic carbocycles. The number of hydrogen-bond acceptors (Lipinski definition) is 3. The highest BCUT2D eigenvalue weighted by molar-refractivity contribution is 6.30. The summed E-state index contributed by atoms with van der Waals surface area (Å²) < 4.78 is 5.54. The summed E-state index contributed by atoms with van der Waals surface area (Å²) in [6.07, 6.45) is 4.99. The van der Waals surface area contributed by atoms with Gasteiger partial charge in [0.2, 0.25) is 11.8 Å². The number of amides is 2. The second kappa shape index (κ2) is 9.72. The Hall–Kier alpha value is -2.63. The molecule has 0 spiro atoms. The highest BCUT2D eigenvalue weighted by Crippen LogP contribution is 2.34. The number of benzene rings is 2. The average Bonchev–Trinajstić information content (AvgIpc) is 2.72. The van der Waals surface area contributed by atoms with Gasteiger partial charge in [0.05, 0.1) is 0 Å². The van der Waals surface area contributed by atoms with Gasteiger partial charge in [-0.1, -0.05) is 35.9 Å². The van der Waals surface area contributed by atoms with E-state index in [4.69, 9.17) is 16.3 Å². The van der Waals surface area contributed by atoms with Gasteiger partial charge in [0.25, 0.3) is 0 Å². The van der Waals surface area contributed by atoms with E-state index in [-0.39, 0.29) is 17.2 Å². The summed E-state index contributed by atoms with van der Waals surface area (Å²) in [5.41, 5.74) is 2.63. The van der Waals surface area contributed by atoms with Crippen molar-refractivity contribution in [3.05, 3.63) is 70.8 Å². The Morgan fingerprint density at radius 1 is 1.07 bits per heavy atom. The molecule has 0 unspecified atom stereocenters. The van der Waals surface area contributed by atoms with Gasteiger partial charge in [-0.3, -0.25) is 9.59 Å². The van der Waals surface area contributed by atoms with Crippen molar-refractivity contribution >= 4 is 35.2 Å². The minimum Gasteiger partial charge on any atom is -0.381 e. The van der Waals surface area contributed by atoms with Crippen LogP contribution in [-0.2, 0) is 19.7 Å². The molecule has 1 aliphatic heterocycles. The summed E-state index contributed by atoms with van der Waals surface area (Å²) in [6.45, 7) is 3.36. The molecule has 1 fully saturated rings. The molecule has 152 valence electrons. The van der Waals surface area contributed by atoms with Crippen molar-refractivity contribution in [3.63, 3.8) is 0 Å². The number of carbonyl (C=O) groups is 2. The van der Waals surface area contributed by atoms with E-state index >= 15 is 0 Å². The van der Waals surface area contributed by atoms with Gasteiger partial charge in [0.15, 0.2) is 0 Å². The van der Waals surface area contributed by atoms with Crippen LogP contribution in [0.15, 0.2) is 54.6 Å². The molecule has 0 saturated carbocycles. The summed E-state index contributed by atoms with van der Waals surface area (Å²) in [5, 5.41) is 6.46. The molecule has 0 radical (unpaired) electrons. The Kier molecular flexibility index (Phi) is 7.07. The first-order valence-corrected chi connectivity index (χ1v) is 10.0. The largest absolute Gasteiger partial charge is 0.381 e. The van der Waals surface area contributed by atoms with Crippen LogP contribution in [0.3, 0.4) is 0 Å². The Morgan fingerprint density at radius 2 is 1.72 bits per heavy atom. The summed E-state index contributed by atoms with van der Waals surface area (Å²) in [6, 6.07) is 15.2. The monoisotopic (exact) mass is 412 g/mol. The predicted octanol–water partition coefficient (Wildman–Crippen LogP) is 4.18. The summed E-state index contributed by atoms with van der Waals surface area (Å²) >= 11 is 6.03. The van der Waals surface area contributed by atoms with E-state index in [0.717, 1.165) is 24.1 Å². The number of anilines is 1. The predicted molar refractivity (Wildman–Crippen MR) is 116 cm³/mol. The first kappa shape index (κ1) is 21.1. The van der Waals surface area contributed by atoms with E-state index in [1.54, 1.807) is 18.2 Å². The van der Waals surface area contributed by atoms with E-state index < -0.39 is 0 Å². The smallest absolute Gasteiger partial charge is 0.244 e. The first-order valence-electron chi connectivity index (χ1n) is 9.64. The lowest BCUT2D eigenvalue weighted by Gasteiger charge is -2.37. The highest BCUT2D eigenvalue weighted by Gasteiger charge is 2.34. The minimum absolute atomic E-state index is 0.115. The van der Waals surface area contributed by atoms with Crippen LogP contribution in [0.4, 0.5) is 5.69 Å². The van der Waals surface area contributed by atoms with Gasteiger partial charge in [-0.15, -0.1) is 0 Å². The van der Waals surface area contributed by atoms with Crippen molar-refractivity contribution in [1.82, 2.24) is 5.32 Å². The Labute approximate surface area is 176 Å². The van der Waals surface area contributed by atoms with Crippen LogP contribution in [0, 0.1) is 0 Å². The second-order valence-electron chi connectivity index (χ2n) is 7.25. The molecule has 6 heteroatoms. The van der Waals surface area contributed by atoms with Crippen molar-refractivity contribution in [2.45, 2.75) is 25.2 Å². The van der Waals surface area contributed by atoms with Gasteiger partial charge in [0, 0.05) is 48.9 Å². The lowest BCUT2D eigenvalue weighted by molar-refractivity contribution is -0.117. The van der Waals surface area contributed by atoms with Crippen molar-refractivity contribution in [3.8, 4) is 0 Å². The maximum absolute atomic E-state index is 12.4. The lowest BCUT2D eigenvalue weighted by Crippen LogP contribution is -2.44. The summed E-state index contributed by atoms with van der Waals surface area (Å²) in [5.74, 6) is -0.258. The van der Waals surface area contributed by atoms with Crippen molar-refractivity contribution < 1.29 is 14.3 Å². The van der Waals surface area contributed by atoms with Crippen LogP contribution in [0.5, 0.6) is 0 Å². The fraction of sp³-hybridized carbons (Fsp3) is 0.304. The normalized spacial score (nSPS) is 15.8. The van der Waals surface area contributed by atoms with E-state index in [1.807, 2.05) is 36.4 Å². The fourth-order valence-electron chi connectivity index (χ4n) is 3.50. The molecule has 29 heavy (non-hydrogen) atoms. The third kappa shape index (κ3) is 5.92. The SMILES string of the molecule is CC(=O)Nc1ccc(/C=C/C(=O)NCC2(c3ccc(Cl)cc3)CCOCC2)cc1. The van der Waals surface area contributed by atoms with Crippen molar-refractivity contribution in [2.24, 2.45) is 0 Å². The average molecular weight is 413 g/mol. The third-order valence-corrected chi connectivity index (χ3v) is 5.42. The number of rotatable bonds is 6. The zero-order chi connectivity index (χ0) is 20.7. The van der Waals surface area contributed by atoms with Gasteiger partial charge in [-0.25, -0.2) is 0 Å². The fourth-order valence-corrected chi connectivity index (χ4v) is 3.63. The van der Waals surface area contributed by atoms with Crippen LogP contribution in [0.2, 0.25) is 5.02 Å². The molecule has 2 amide bonds. The van der Waals surface area contributed by atoms with E-state index in [1.165, 1.54) is 18.6 Å². The Bertz CT molecular complexity index is 870. The highest BCUT2D eigenvalue weighted by atomic mass is 35.5. The van der Waals surface area contributed by atoms with Gasteiger partial charge in [0.1, 0.15) is 0 Å². The molecule has 5 nitrogen and oxygen atoms in total. The molecule has 3 rings (SSSR count). The molecule has 0 aromatic heterocycles. The van der Waals surface area contributed by atoms with E-state index in [9.17, 15) is 9.59 Å². The molecule has 2 N–H and O–H groups in total. The van der Waals surface area contributed by atoms with Crippen LogP contribution in [0.25, 0.3) is 6.08 Å². The minimum atomic E-state index is -0.146. The van der Waals surface area contributed by atoms with Crippen LogP contribution in [-0.4, -0.2) is 31.6 Å². The standard InChI is InChI=1S/C23H25ClN2O3/c1-17(27)26-21-9-2-18(3-10-21)4-11-22(28)25-16-23(12-14-29-15-13-23)19-5-7-20(24)8-6-19/h2-11H,12-16H2,1H3,(H,25,28)(H,26,27)/b11-4+. The Morgan fingerprint density at radius 3 is 2.34 bits per heavy atom. The maximum Gasteiger partial charge on any atom is 0.244 e. The van der Waals surface area contributed by atoms with Gasteiger partial charge in [-0.2, -0.15) is 0 Å². The van der Waals surface area contributed by atoms with E-state index in [0.29, 0.717) is 24.8 Å². The molecule has 1 heterocycles. The molecule has 0 bridgehead atoms. The third-order valence-electron chi connectivity index (χ3n) is 5.17. The first-order chi connectivity index (χ1) is 14.0. The van der Waals surface area contributed by atoms with Gasteiger partial charge >= 0.3 is 0 Å². The second-order valence-corrected chi connectivity index (χ2v) is 7.69. The van der Waals surface area contributed by atoms with Gasteiger partial charge < -0.3 is 15.4 Å². The van der Waals surface area contributed by atoms with Gasteiger partial charge in [-0.05, 0) is 54.3 Å². The summed E-state index contributed by atoms with van der Waals surface area (Å²) in [7, 11) is 0. The van der Waals surface area contributed by atoms with E-state index in [2.05, 4.69) is 10.6 Å². The zero-order valence-corrected chi connectivity index (χ0v) is 17.2. The number of carbonyl (C=O) groups excluding carboxylic acids is 2. The molecule has 2 aromatic rings. The van der Waals surface area contributed by atoms with Crippen LogP contribution < -0.4 is 10.6 Å². The quantitative estimate of drug-likeness (QED) is 0.699. The summed E-state index contributed by atoms with van der Waals surface area (Å²) in [4.78, 5) is 23.5. The number of halogens is 1. The number of hydrogen-bond donors (Lipinski definition) is 2. The van der Waals surface area contributed by atoms with Crippen molar-refractivity contribution in [1.29, 1.82) is 0 Å². The molecule has 0 atom stereocenters. The Balaban J connectivity index is 1.62.